The molecular weight excluding hydrogens is 400 g/mol. The van der Waals surface area contributed by atoms with Crippen molar-refractivity contribution >= 4 is 23.4 Å². The quantitative estimate of drug-likeness (QED) is 0.560. The molecule has 4 rings (SSSR count). The van der Waals surface area contributed by atoms with Crippen molar-refractivity contribution in [2.45, 2.75) is 31.1 Å². The van der Waals surface area contributed by atoms with Crippen LogP contribution in [-0.4, -0.2) is 39.1 Å². The second kappa shape index (κ2) is 8.79. The topological polar surface area (TPSA) is 69.5 Å². The highest BCUT2D eigenvalue weighted by atomic mass is 32.2. The van der Waals surface area contributed by atoms with Crippen LogP contribution in [0.15, 0.2) is 59.8 Å². The molecule has 1 aliphatic rings. The maximum absolute atomic E-state index is 12.9. The number of rotatable bonds is 6. The molecule has 0 spiro atoms. The van der Waals surface area contributed by atoms with Crippen LogP contribution >= 0.6 is 11.8 Å². The first-order valence-corrected chi connectivity index (χ1v) is 10.8. The van der Waals surface area contributed by atoms with Gasteiger partial charge in [-0.1, -0.05) is 42.1 Å². The molecule has 30 heavy (non-hydrogen) atoms. The Hall–Kier alpha value is -3.00. The molecule has 3 aromatic rings. The van der Waals surface area contributed by atoms with Gasteiger partial charge in [0.05, 0.1) is 5.75 Å². The summed E-state index contributed by atoms with van der Waals surface area (Å²) < 4.78 is 13.7. The van der Waals surface area contributed by atoms with Crippen LogP contribution in [0.5, 0.6) is 11.5 Å². The second-order valence-corrected chi connectivity index (χ2v) is 8.19. The minimum absolute atomic E-state index is 0.0249. The van der Waals surface area contributed by atoms with Crippen molar-refractivity contribution in [1.82, 2.24) is 14.8 Å². The van der Waals surface area contributed by atoms with Crippen LogP contribution in [0, 0.1) is 0 Å². The number of carbonyl (C=O) groups excluding carboxylic acids is 1. The molecule has 0 fully saturated rings. The van der Waals surface area contributed by atoms with E-state index < -0.39 is 0 Å². The molecule has 0 aliphatic carbocycles. The number of benzene rings is 2. The van der Waals surface area contributed by atoms with Gasteiger partial charge in [-0.15, -0.1) is 10.2 Å². The van der Waals surface area contributed by atoms with Crippen LogP contribution in [-0.2, 0) is 11.8 Å². The largest absolute Gasteiger partial charge is 0.485 e. The van der Waals surface area contributed by atoms with Crippen molar-refractivity contribution in [2.24, 2.45) is 7.05 Å². The second-order valence-electron chi connectivity index (χ2n) is 7.25. The number of aromatic nitrogens is 3. The summed E-state index contributed by atoms with van der Waals surface area (Å²) in [6.45, 7) is 4.38. The summed E-state index contributed by atoms with van der Waals surface area (Å²) in [6.07, 6.45) is -0.348. The van der Waals surface area contributed by atoms with E-state index in [1.165, 1.54) is 11.8 Å². The van der Waals surface area contributed by atoms with Crippen molar-refractivity contribution < 1.29 is 14.3 Å². The maximum Gasteiger partial charge on any atom is 0.237 e. The van der Waals surface area contributed by atoms with Gasteiger partial charge in [0.25, 0.3) is 0 Å². The Kier molecular flexibility index (Phi) is 5.94. The van der Waals surface area contributed by atoms with Crippen LogP contribution in [0.2, 0.25) is 0 Å². The molecule has 7 nitrogen and oxygen atoms in total. The number of anilines is 1. The molecule has 1 amide bonds. The van der Waals surface area contributed by atoms with E-state index in [0.29, 0.717) is 23.3 Å². The van der Waals surface area contributed by atoms with E-state index in [-0.39, 0.29) is 23.8 Å². The van der Waals surface area contributed by atoms with Crippen molar-refractivity contribution in [3.05, 3.63) is 60.4 Å². The molecule has 0 saturated heterocycles. The number of ether oxygens (including phenoxy) is 2. The fourth-order valence-corrected chi connectivity index (χ4v) is 4.17. The zero-order valence-corrected chi connectivity index (χ0v) is 18.0. The van der Waals surface area contributed by atoms with E-state index in [1.807, 2.05) is 80.1 Å². The maximum atomic E-state index is 12.9. The predicted molar refractivity (Wildman–Crippen MR) is 116 cm³/mol. The van der Waals surface area contributed by atoms with Gasteiger partial charge < -0.3 is 18.9 Å². The lowest BCUT2D eigenvalue weighted by molar-refractivity contribution is -0.116. The molecule has 0 saturated carbocycles. The number of carbonyl (C=O) groups is 1. The van der Waals surface area contributed by atoms with Crippen LogP contribution in [0.25, 0.3) is 0 Å². The summed E-state index contributed by atoms with van der Waals surface area (Å²) in [5.41, 5.74) is 0.892. The monoisotopic (exact) mass is 424 g/mol. The smallest absolute Gasteiger partial charge is 0.237 e. The van der Waals surface area contributed by atoms with Gasteiger partial charge in [0.2, 0.25) is 5.91 Å². The summed E-state index contributed by atoms with van der Waals surface area (Å²) in [4.78, 5) is 14.7. The standard InChI is InChI=1S/C22H24N4O3S/c1-15(2)26(16-9-5-4-6-10-16)20(27)14-30-22-24-23-21(25(22)3)19-13-28-17-11-7-8-12-18(17)29-19/h4-12,15,19H,13-14H2,1-3H3. The van der Waals surface area contributed by atoms with E-state index in [0.717, 1.165) is 11.4 Å². The fourth-order valence-electron chi connectivity index (χ4n) is 3.39. The number of hydrogen-bond acceptors (Lipinski definition) is 6. The molecule has 1 aliphatic heterocycles. The molecule has 1 unspecified atom stereocenters. The highest BCUT2D eigenvalue weighted by Crippen LogP contribution is 2.35. The lowest BCUT2D eigenvalue weighted by atomic mass is 10.2. The van der Waals surface area contributed by atoms with Gasteiger partial charge in [-0.25, -0.2) is 0 Å². The highest BCUT2D eigenvalue weighted by Gasteiger charge is 2.28. The molecule has 1 aromatic heterocycles. The number of fused-ring (bicyclic) bond motifs is 1. The Bertz CT molecular complexity index is 1020. The van der Waals surface area contributed by atoms with Crippen molar-refractivity contribution in [3.63, 3.8) is 0 Å². The Morgan fingerprint density at radius 3 is 2.57 bits per heavy atom. The van der Waals surface area contributed by atoms with Crippen molar-refractivity contribution in [3.8, 4) is 11.5 Å². The summed E-state index contributed by atoms with van der Waals surface area (Å²) in [5.74, 6) is 2.38. The number of para-hydroxylation sites is 3. The Labute approximate surface area is 180 Å². The first-order chi connectivity index (χ1) is 14.5. The molecule has 156 valence electrons. The predicted octanol–water partition coefficient (Wildman–Crippen LogP) is 3.86. The number of nitrogens with zero attached hydrogens (tertiary/aromatic N) is 4. The summed E-state index contributed by atoms with van der Waals surface area (Å²) in [5, 5.41) is 9.22. The van der Waals surface area contributed by atoms with Gasteiger partial charge >= 0.3 is 0 Å². The third-order valence-corrected chi connectivity index (χ3v) is 5.81. The first-order valence-electron chi connectivity index (χ1n) is 9.82. The van der Waals surface area contributed by atoms with Gasteiger partial charge in [0.1, 0.15) is 6.61 Å². The Balaban J connectivity index is 1.44. The molecule has 0 radical (unpaired) electrons. The molecule has 0 N–H and O–H groups in total. The van der Waals surface area contributed by atoms with Crippen molar-refractivity contribution in [1.29, 1.82) is 0 Å². The third kappa shape index (κ3) is 4.14. The van der Waals surface area contributed by atoms with Crippen LogP contribution in [0.1, 0.15) is 25.8 Å². The SMILES string of the molecule is CC(C)N(C(=O)CSc1nnc(C2COc3ccccc3O2)n1C)c1ccccc1. The third-order valence-electron chi connectivity index (χ3n) is 4.81. The van der Waals surface area contributed by atoms with Crippen LogP contribution in [0.4, 0.5) is 5.69 Å². The Morgan fingerprint density at radius 2 is 1.83 bits per heavy atom. The van der Waals surface area contributed by atoms with Gasteiger partial charge in [-0.3, -0.25) is 4.79 Å². The molecule has 2 heterocycles. The minimum Gasteiger partial charge on any atom is -0.485 e. The van der Waals surface area contributed by atoms with Gasteiger partial charge in [-0.2, -0.15) is 0 Å². The van der Waals surface area contributed by atoms with E-state index in [1.54, 1.807) is 4.90 Å². The molecule has 0 bridgehead atoms. The van der Waals surface area contributed by atoms with Crippen LogP contribution < -0.4 is 14.4 Å². The molecule has 1 atom stereocenters. The average molecular weight is 425 g/mol. The zero-order valence-electron chi connectivity index (χ0n) is 17.2. The summed E-state index contributed by atoms with van der Waals surface area (Å²) >= 11 is 1.37. The number of hydrogen-bond donors (Lipinski definition) is 0. The fraction of sp³-hybridized carbons (Fsp3) is 0.318. The first kappa shape index (κ1) is 20.3. The normalized spacial score (nSPS) is 15.3. The van der Waals surface area contributed by atoms with E-state index in [9.17, 15) is 4.79 Å². The summed E-state index contributed by atoms with van der Waals surface area (Å²) in [7, 11) is 1.88. The van der Waals surface area contributed by atoms with E-state index in [2.05, 4.69) is 10.2 Å². The van der Waals surface area contributed by atoms with Gasteiger partial charge in [0.15, 0.2) is 28.6 Å². The minimum atomic E-state index is -0.348. The van der Waals surface area contributed by atoms with E-state index >= 15 is 0 Å². The van der Waals surface area contributed by atoms with E-state index in [4.69, 9.17) is 9.47 Å². The lowest BCUT2D eigenvalue weighted by Crippen LogP contribution is -2.38. The zero-order chi connectivity index (χ0) is 21.1. The average Bonchev–Trinajstić information content (AvgIpc) is 3.13. The molecule has 2 aromatic carbocycles. The lowest BCUT2D eigenvalue weighted by Gasteiger charge is -2.27. The van der Waals surface area contributed by atoms with Crippen LogP contribution in [0.3, 0.4) is 0 Å². The Morgan fingerprint density at radius 1 is 1.13 bits per heavy atom. The summed E-state index contributed by atoms with van der Waals surface area (Å²) in [6, 6.07) is 17.3. The highest BCUT2D eigenvalue weighted by molar-refractivity contribution is 7.99. The molecule has 8 heteroatoms. The number of amides is 1. The van der Waals surface area contributed by atoms with Gasteiger partial charge in [-0.05, 0) is 38.1 Å². The van der Waals surface area contributed by atoms with Crippen molar-refractivity contribution in [2.75, 3.05) is 17.3 Å². The number of thioether (sulfide) groups is 1. The molecular formula is C22H24N4O3S. The van der Waals surface area contributed by atoms with Gasteiger partial charge in [0, 0.05) is 18.8 Å².